The van der Waals surface area contributed by atoms with Crippen LogP contribution in [0.1, 0.15) is 41.7 Å². The van der Waals surface area contributed by atoms with E-state index in [0.29, 0.717) is 25.1 Å². The van der Waals surface area contributed by atoms with E-state index in [4.69, 9.17) is 0 Å². The number of aromatic nitrogens is 2. The summed E-state index contributed by atoms with van der Waals surface area (Å²) >= 11 is 0. The molecule has 0 radical (unpaired) electrons. The molecule has 7 nitrogen and oxygen atoms in total. The number of carbonyl (C=O) groups is 2. The molecule has 3 rings (SSSR count). The lowest BCUT2D eigenvalue weighted by atomic mass is 9.93. The molecule has 30 heavy (non-hydrogen) atoms. The molecule has 1 aromatic heterocycles. The van der Waals surface area contributed by atoms with Crippen LogP contribution in [-0.4, -0.2) is 39.6 Å². The highest BCUT2D eigenvalue weighted by molar-refractivity contribution is 5.92. The van der Waals surface area contributed by atoms with Gasteiger partial charge in [-0.15, -0.1) is 0 Å². The van der Waals surface area contributed by atoms with Crippen LogP contribution in [0.15, 0.2) is 35.1 Å². The van der Waals surface area contributed by atoms with Crippen LogP contribution in [0.2, 0.25) is 0 Å². The number of rotatable bonds is 6. The SMILES string of the molecule is Cn1nc(C(=O)N2CCC[C@H](CCC(=O)NCc3ccc(F)c(F)c3)C2)ccc1=O. The van der Waals surface area contributed by atoms with E-state index < -0.39 is 11.6 Å². The summed E-state index contributed by atoms with van der Waals surface area (Å²) in [4.78, 5) is 37.9. The quantitative estimate of drug-likeness (QED) is 0.778. The molecule has 1 atom stereocenters. The van der Waals surface area contributed by atoms with Crippen molar-refractivity contribution in [2.75, 3.05) is 13.1 Å². The monoisotopic (exact) mass is 418 g/mol. The number of nitrogens with one attached hydrogen (secondary N) is 1. The largest absolute Gasteiger partial charge is 0.352 e. The number of aryl methyl sites for hydroxylation is 1. The van der Waals surface area contributed by atoms with Crippen molar-refractivity contribution >= 4 is 11.8 Å². The van der Waals surface area contributed by atoms with Gasteiger partial charge in [-0.2, -0.15) is 5.10 Å². The zero-order valence-electron chi connectivity index (χ0n) is 16.7. The second-order valence-electron chi connectivity index (χ2n) is 7.50. The fraction of sp³-hybridized carbons (Fsp3) is 0.429. The minimum Gasteiger partial charge on any atom is -0.352 e. The van der Waals surface area contributed by atoms with Crippen LogP contribution < -0.4 is 10.9 Å². The molecular formula is C21H24F2N4O3. The van der Waals surface area contributed by atoms with Gasteiger partial charge in [0, 0.05) is 39.2 Å². The number of hydrogen-bond acceptors (Lipinski definition) is 4. The Labute approximate surface area is 172 Å². The summed E-state index contributed by atoms with van der Waals surface area (Å²) in [5.41, 5.74) is 0.431. The van der Waals surface area contributed by atoms with E-state index >= 15 is 0 Å². The Bertz CT molecular complexity index is 992. The lowest BCUT2D eigenvalue weighted by Gasteiger charge is -2.32. The number of likely N-dealkylation sites (tertiary alicyclic amines) is 1. The molecule has 0 bridgehead atoms. The summed E-state index contributed by atoms with van der Waals surface area (Å²) in [5, 5.41) is 6.72. The minimum atomic E-state index is -0.943. The first-order chi connectivity index (χ1) is 14.3. The van der Waals surface area contributed by atoms with Crippen LogP contribution in [-0.2, 0) is 18.4 Å². The lowest BCUT2D eigenvalue weighted by Crippen LogP contribution is -2.41. The van der Waals surface area contributed by atoms with Crippen molar-refractivity contribution in [3.63, 3.8) is 0 Å². The Kier molecular flexibility index (Phi) is 6.91. The molecule has 1 N–H and O–H groups in total. The number of piperidine rings is 1. The van der Waals surface area contributed by atoms with Crippen molar-refractivity contribution in [3.05, 3.63) is 63.6 Å². The molecular weight excluding hydrogens is 394 g/mol. The molecule has 0 saturated carbocycles. The van der Waals surface area contributed by atoms with Crippen molar-refractivity contribution in [1.29, 1.82) is 0 Å². The number of halogens is 2. The van der Waals surface area contributed by atoms with E-state index in [1.165, 1.54) is 25.2 Å². The molecule has 0 unspecified atom stereocenters. The Balaban J connectivity index is 1.47. The van der Waals surface area contributed by atoms with Gasteiger partial charge < -0.3 is 10.2 Å². The van der Waals surface area contributed by atoms with Crippen molar-refractivity contribution in [2.45, 2.75) is 32.2 Å². The second kappa shape index (κ2) is 9.60. The van der Waals surface area contributed by atoms with E-state index in [2.05, 4.69) is 10.4 Å². The number of amides is 2. The molecule has 2 heterocycles. The smallest absolute Gasteiger partial charge is 0.274 e. The summed E-state index contributed by atoms with van der Waals surface area (Å²) in [6.07, 6.45) is 2.65. The molecule has 0 spiro atoms. The molecule has 1 aliphatic rings. The maximum atomic E-state index is 13.2. The Morgan fingerprint density at radius 3 is 2.73 bits per heavy atom. The van der Waals surface area contributed by atoms with Crippen LogP contribution in [0, 0.1) is 17.6 Å². The van der Waals surface area contributed by atoms with Crippen molar-refractivity contribution < 1.29 is 18.4 Å². The average molecular weight is 418 g/mol. The third kappa shape index (κ3) is 5.49. The first-order valence-corrected chi connectivity index (χ1v) is 9.87. The van der Waals surface area contributed by atoms with Gasteiger partial charge in [-0.25, -0.2) is 13.5 Å². The van der Waals surface area contributed by atoms with Gasteiger partial charge in [0.15, 0.2) is 11.6 Å². The zero-order valence-corrected chi connectivity index (χ0v) is 16.7. The molecule has 9 heteroatoms. The van der Waals surface area contributed by atoms with E-state index in [1.807, 2.05) is 0 Å². The van der Waals surface area contributed by atoms with Gasteiger partial charge in [0.25, 0.3) is 11.5 Å². The van der Waals surface area contributed by atoms with Crippen LogP contribution >= 0.6 is 0 Å². The predicted molar refractivity (Wildman–Crippen MR) is 106 cm³/mol. The molecule has 0 aliphatic carbocycles. The second-order valence-corrected chi connectivity index (χ2v) is 7.50. The van der Waals surface area contributed by atoms with Crippen molar-refractivity contribution in [3.8, 4) is 0 Å². The Hall–Kier alpha value is -3.10. The zero-order chi connectivity index (χ0) is 21.7. The van der Waals surface area contributed by atoms with Crippen LogP contribution in [0.25, 0.3) is 0 Å². The number of hydrogen-bond donors (Lipinski definition) is 1. The van der Waals surface area contributed by atoms with E-state index in [-0.39, 0.29) is 42.0 Å². The highest BCUT2D eigenvalue weighted by atomic mass is 19.2. The summed E-state index contributed by atoms with van der Waals surface area (Å²) in [7, 11) is 1.50. The first-order valence-electron chi connectivity index (χ1n) is 9.87. The van der Waals surface area contributed by atoms with E-state index in [0.717, 1.165) is 29.7 Å². The molecule has 2 amide bonds. The molecule has 1 fully saturated rings. The molecule has 160 valence electrons. The van der Waals surface area contributed by atoms with Gasteiger partial charge in [0.1, 0.15) is 5.69 Å². The van der Waals surface area contributed by atoms with Crippen LogP contribution in [0.5, 0.6) is 0 Å². The van der Waals surface area contributed by atoms with Gasteiger partial charge in [0.05, 0.1) is 0 Å². The highest BCUT2D eigenvalue weighted by Gasteiger charge is 2.26. The van der Waals surface area contributed by atoms with Crippen molar-refractivity contribution in [2.24, 2.45) is 13.0 Å². The number of carbonyl (C=O) groups excluding carboxylic acids is 2. The molecule has 1 saturated heterocycles. The van der Waals surface area contributed by atoms with Gasteiger partial charge >= 0.3 is 0 Å². The van der Waals surface area contributed by atoms with Gasteiger partial charge in [-0.05, 0) is 48.9 Å². The summed E-state index contributed by atoms with van der Waals surface area (Å²) in [6, 6.07) is 6.27. The normalized spacial score (nSPS) is 16.4. The standard InChI is InChI=1S/C21H24F2N4O3/c1-26-20(29)9-7-18(25-26)21(30)27-10-2-3-14(13-27)5-8-19(28)24-12-15-4-6-16(22)17(23)11-15/h4,6-7,9,11,14H,2-3,5,8,10,12-13H2,1H3,(H,24,28)/t14-/m1/s1. The third-order valence-electron chi connectivity index (χ3n) is 5.24. The number of benzene rings is 1. The molecule has 2 aromatic rings. The maximum absolute atomic E-state index is 13.2. The summed E-state index contributed by atoms with van der Waals surface area (Å²) in [5.74, 6) is -2.08. The first kappa shape index (κ1) is 21.6. The average Bonchev–Trinajstić information content (AvgIpc) is 2.74. The number of nitrogens with zero attached hydrogens (tertiary/aromatic N) is 3. The Morgan fingerprint density at radius 1 is 1.20 bits per heavy atom. The van der Waals surface area contributed by atoms with Crippen molar-refractivity contribution in [1.82, 2.24) is 20.0 Å². The fourth-order valence-electron chi connectivity index (χ4n) is 3.54. The van der Waals surface area contributed by atoms with E-state index in [1.54, 1.807) is 4.90 Å². The van der Waals surface area contributed by atoms with E-state index in [9.17, 15) is 23.2 Å². The van der Waals surface area contributed by atoms with Crippen LogP contribution in [0.3, 0.4) is 0 Å². The highest BCUT2D eigenvalue weighted by Crippen LogP contribution is 2.22. The topological polar surface area (TPSA) is 84.3 Å². The maximum Gasteiger partial charge on any atom is 0.274 e. The molecule has 1 aliphatic heterocycles. The third-order valence-corrected chi connectivity index (χ3v) is 5.24. The molecule has 1 aromatic carbocycles. The lowest BCUT2D eigenvalue weighted by molar-refractivity contribution is -0.121. The summed E-state index contributed by atoms with van der Waals surface area (Å²) in [6.45, 7) is 1.27. The van der Waals surface area contributed by atoms with Gasteiger partial charge in [-0.3, -0.25) is 14.4 Å². The summed E-state index contributed by atoms with van der Waals surface area (Å²) < 4.78 is 27.3. The minimum absolute atomic E-state index is 0.129. The van der Waals surface area contributed by atoms with Gasteiger partial charge in [0.2, 0.25) is 5.91 Å². The van der Waals surface area contributed by atoms with Gasteiger partial charge in [-0.1, -0.05) is 6.07 Å². The Morgan fingerprint density at radius 2 is 2.00 bits per heavy atom. The van der Waals surface area contributed by atoms with Crippen LogP contribution in [0.4, 0.5) is 8.78 Å². The predicted octanol–water partition coefficient (Wildman–Crippen LogP) is 2.01. The fourth-order valence-corrected chi connectivity index (χ4v) is 3.54.